The van der Waals surface area contributed by atoms with E-state index in [1.165, 1.54) is 49.4 Å². The fraction of sp³-hybridized carbons (Fsp3) is 0.769. The number of hydrogen-bond donors (Lipinski definition) is 0. The molecule has 90 valence electrons. The van der Waals surface area contributed by atoms with Crippen molar-refractivity contribution in [1.29, 1.82) is 0 Å². The first kappa shape index (κ1) is 11.6. The Morgan fingerprint density at radius 2 is 2.19 bits per heavy atom. The fourth-order valence-corrected chi connectivity index (χ4v) is 2.53. The normalized spacial score (nSPS) is 15.1. The van der Waals surface area contributed by atoms with Gasteiger partial charge in [0.05, 0.1) is 5.69 Å². The standard InChI is InChI=1S/C13H22N2O/c1-11-12(7-4-6-10-16-2)15-9-5-3-8-13(15)14-11/h3-10H2,1-2H3. The molecule has 0 aromatic carbocycles. The van der Waals surface area contributed by atoms with Crippen LogP contribution in [0.1, 0.15) is 42.9 Å². The van der Waals surface area contributed by atoms with Crippen LogP contribution < -0.4 is 0 Å². The lowest BCUT2D eigenvalue weighted by Crippen LogP contribution is -2.13. The molecule has 0 aliphatic carbocycles. The third kappa shape index (κ3) is 2.46. The second kappa shape index (κ2) is 5.48. The van der Waals surface area contributed by atoms with Crippen LogP contribution in [0.15, 0.2) is 0 Å². The van der Waals surface area contributed by atoms with E-state index in [0.29, 0.717) is 0 Å². The van der Waals surface area contributed by atoms with Crippen LogP contribution in [0, 0.1) is 6.92 Å². The van der Waals surface area contributed by atoms with E-state index in [-0.39, 0.29) is 0 Å². The molecule has 0 amide bonds. The van der Waals surface area contributed by atoms with E-state index in [2.05, 4.69) is 16.5 Å². The summed E-state index contributed by atoms with van der Waals surface area (Å²) >= 11 is 0. The smallest absolute Gasteiger partial charge is 0.109 e. The number of fused-ring (bicyclic) bond motifs is 1. The first-order valence-electron chi connectivity index (χ1n) is 6.36. The van der Waals surface area contributed by atoms with Crippen molar-refractivity contribution in [2.45, 2.75) is 52.0 Å². The number of nitrogens with zero attached hydrogens (tertiary/aromatic N) is 2. The van der Waals surface area contributed by atoms with Gasteiger partial charge in [-0.2, -0.15) is 0 Å². The predicted octanol–water partition coefficient (Wildman–Crippen LogP) is 2.50. The minimum Gasteiger partial charge on any atom is -0.385 e. The molecule has 0 spiro atoms. The van der Waals surface area contributed by atoms with Gasteiger partial charge in [-0.3, -0.25) is 0 Å². The van der Waals surface area contributed by atoms with Gasteiger partial charge in [0.2, 0.25) is 0 Å². The van der Waals surface area contributed by atoms with Gasteiger partial charge in [0.25, 0.3) is 0 Å². The minimum absolute atomic E-state index is 0.875. The van der Waals surface area contributed by atoms with E-state index >= 15 is 0 Å². The van der Waals surface area contributed by atoms with Crippen LogP contribution in [0.25, 0.3) is 0 Å². The summed E-state index contributed by atoms with van der Waals surface area (Å²) in [6.45, 7) is 4.20. The zero-order chi connectivity index (χ0) is 11.4. The molecule has 2 rings (SSSR count). The summed E-state index contributed by atoms with van der Waals surface area (Å²) in [4.78, 5) is 4.68. The Kier molecular flexibility index (Phi) is 3.99. The summed E-state index contributed by atoms with van der Waals surface area (Å²) in [5.41, 5.74) is 2.71. The lowest BCUT2D eigenvalue weighted by atomic mass is 10.1. The lowest BCUT2D eigenvalue weighted by Gasteiger charge is -2.16. The van der Waals surface area contributed by atoms with Crippen LogP contribution >= 0.6 is 0 Å². The van der Waals surface area contributed by atoms with Crippen molar-refractivity contribution in [3.63, 3.8) is 0 Å². The van der Waals surface area contributed by atoms with Crippen LogP contribution in [-0.2, 0) is 24.1 Å². The number of aromatic nitrogens is 2. The highest BCUT2D eigenvalue weighted by Crippen LogP contribution is 2.20. The van der Waals surface area contributed by atoms with Crippen LogP contribution in [0.3, 0.4) is 0 Å². The lowest BCUT2D eigenvalue weighted by molar-refractivity contribution is 0.192. The van der Waals surface area contributed by atoms with Crippen molar-refractivity contribution in [3.05, 3.63) is 17.2 Å². The van der Waals surface area contributed by atoms with E-state index in [1.54, 1.807) is 7.11 Å². The summed E-state index contributed by atoms with van der Waals surface area (Å²) in [5.74, 6) is 1.31. The first-order chi connectivity index (χ1) is 7.83. The van der Waals surface area contributed by atoms with Gasteiger partial charge in [-0.05, 0) is 39.0 Å². The van der Waals surface area contributed by atoms with Gasteiger partial charge < -0.3 is 9.30 Å². The second-order valence-electron chi connectivity index (χ2n) is 4.62. The summed E-state index contributed by atoms with van der Waals surface area (Å²) in [5, 5.41) is 0. The molecule has 1 aliphatic rings. The van der Waals surface area contributed by atoms with Crippen LogP contribution in [0.2, 0.25) is 0 Å². The van der Waals surface area contributed by atoms with Crippen molar-refractivity contribution in [2.24, 2.45) is 0 Å². The van der Waals surface area contributed by atoms with Gasteiger partial charge >= 0.3 is 0 Å². The average molecular weight is 222 g/mol. The quantitative estimate of drug-likeness (QED) is 0.716. The number of ether oxygens (including phenoxy) is 1. The zero-order valence-corrected chi connectivity index (χ0v) is 10.5. The summed E-state index contributed by atoms with van der Waals surface area (Å²) < 4.78 is 7.53. The molecule has 1 aliphatic heterocycles. The summed E-state index contributed by atoms with van der Waals surface area (Å²) in [7, 11) is 1.77. The van der Waals surface area contributed by atoms with Crippen LogP contribution in [0.5, 0.6) is 0 Å². The molecular formula is C13H22N2O. The Hall–Kier alpha value is -0.830. The number of unbranched alkanes of at least 4 members (excludes halogenated alkanes) is 1. The monoisotopic (exact) mass is 222 g/mol. The molecule has 3 heteroatoms. The number of imidazole rings is 1. The highest BCUT2D eigenvalue weighted by atomic mass is 16.5. The molecule has 0 saturated heterocycles. The number of hydrogen-bond acceptors (Lipinski definition) is 2. The highest BCUT2D eigenvalue weighted by molar-refractivity contribution is 5.17. The predicted molar refractivity (Wildman–Crippen MR) is 64.7 cm³/mol. The van der Waals surface area contributed by atoms with E-state index in [0.717, 1.165) is 19.4 Å². The molecule has 1 aromatic rings. The summed E-state index contributed by atoms with van der Waals surface area (Å²) in [6.07, 6.45) is 7.30. The molecule has 16 heavy (non-hydrogen) atoms. The van der Waals surface area contributed by atoms with Gasteiger partial charge in [0.15, 0.2) is 0 Å². The zero-order valence-electron chi connectivity index (χ0n) is 10.5. The molecule has 0 N–H and O–H groups in total. The molecule has 0 fully saturated rings. The second-order valence-corrected chi connectivity index (χ2v) is 4.62. The Morgan fingerprint density at radius 3 is 3.00 bits per heavy atom. The molecule has 0 atom stereocenters. The van der Waals surface area contributed by atoms with Gasteiger partial charge in [0, 0.05) is 32.4 Å². The van der Waals surface area contributed by atoms with Crippen molar-refractivity contribution >= 4 is 0 Å². The number of methoxy groups -OCH3 is 1. The molecule has 0 unspecified atom stereocenters. The Bertz CT molecular complexity index is 344. The Labute approximate surface area is 97.8 Å². The topological polar surface area (TPSA) is 27.1 Å². The van der Waals surface area contributed by atoms with E-state index in [4.69, 9.17) is 4.74 Å². The van der Waals surface area contributed by atoms with Crippen LogP contribution in [0.4, 0.5) is 0 Å². The Morgan fingerprint density at radius 1 is 1.31 bits per heavy atom. The average Bonchev–Trinajstić information content (AvgIpc) is 2.61. The maximum atomic E-state index is 5.08. The van der Waals surface area contributed by atoms with Crippen LogP contribution in [-0.4, -0.2) is 23.3 Å². The van der Waals surface area contributed by atoms with E-state index in [9.17, 15) is 0 Å². The third-order valence-electron chi connectivity index (χ3n) is 3.40. The van der Waals surface area contributed by atoms with Gasteiger partial charge in [0.1, 0.15) is 5.82 Å². The van der Waals surface area contributed by atoms with E-state index < -0.39 is 0 Å². The van der Waals surface area contributed by atoms with Crippen molar-refractivity contribution < 1.29 is 4.74 Å². The molecular weight excluding hydrogens is 200 g/mol. The molecule has 3 nitrogen and oxygen atoms in total. The SMILES string of the molecule is COCCCCc1c(C)nc2n1CCCC2. The fourth-order valence-electron chi connectivity index (χ4n) is 2.53. The first-order valence-corrected chi connectivity index (χ1v) is 6.36. The van der Waals surface area contributed by atoms with Crippen molar-refractivity contribution in [3.8, 4) is 0 Å². The third-order valence-corrected chi connectivity index (χ3v) is 3.40. The van der Waals surface area contributed by atoms with Gasteiger partial charge in [-0.25, -0.2) is 4.98 Å². The number of aryl methyl sites for hydroxylation is 2. The van der Waals surface area contributed by atoms with Gasteiger partial charge in [-0.1, -0.05) is 0 Å². The Balaban J connectivity index is 1.99. The summed E-state index contributed by atoms with van der Waals surface area (Å²) in [6, 6.07) is 0. The van der Waals surface area contributed by atoms with Crippen molar-refractivity contribution in [2.75, 3.05) is 13.7 Å². The molecule has 0 saturated carbocycles. The molecule has 2 heterocycles. The molecule has 0 bridgehead atoms. The maximum Gasteiger partial charge on any atom is 0.109 e. The maximum absolute atomic E-state index is 5.08. The van der Waals surface area contributed by atoms with E-state index in [1.807, 2.05) is 0 Å². The largest absolute Gasteiger partial charge is 0.385 e. The minimum atomic E-state index is 0.875. The van der Waals surface area contributed by atoms with Gasteiger partial charge in [-0.15, -0.1) is 0 Å². The highest BCUT2D eigenvalue weighted by Gasteiger charge is 2.16. The molecule has 1 aromatic heterocycles. The molecule has 0 radical (unpaired) electrons. The number of rotatable bonds is 5. The van der Waals surface area contributed by atoms with Crippen molar-refractivity contribution in [1.82, 2.24) is 9.55 Å².